The normalized spacial score (nSPS) is 11.7. The first-order valence-corrected chi connectivity index (χ1v) is 8.42. The topological polar surface area (TPSA) is 58.3 Å². The molecule has 0 fully saturated rings. The first-order chi connectivity index (χ1) is 7.15. The lowest BCUT2D eigenvalue weighted by Crippen LogP contribution is -2.31. The van der Waals surface area contributed by atoms with E-state index in [1.54, 1.807) is 4.45 Å². The largest absolute Gasteiger partial charge is 0.510 e. The van der Waals surface area contributed by atoms with Gasteiger partial charge in [0.25, 0.3) is 0 Å². The average Bonchev–Trinajstić information content (AvgIpc) is 2.58. The van der Waals surface area contributed by atoms with E-state index >= 15 is 0 Å². The molecule has 4 nitrogen and oxygen atoms in total. The summed E-state index contributed by atoms with van der Waals surface area (Å²) < 4.78 is 1.81. The molecule has 0 spiro atoms. The highest BCUT2D eigenvalue weighted by Gasteiger charge is 2.21. The van der Waals surface area contributed by atoms with Crippen LogP contribution in [0.3, 0.4) is 0 Å². The molecule has 78 valence electrons. The fraction of sp³-hybridized carbons (Fsp3) is 0.125. The van der Waals surface area contributed by atoms with Gasteiger partial charge >= 0.3 is 7.12 Å². The third kappa shape index (κ3) is 1.91. The number of fused-ring (bicyclic) bond motifs is 1. The molecule has 0 aliphatic carbocycles. The van der Waals surface area contributed by atoms with Gasteiger partial charge in [0.2, 0.25) is 0 Å². The Morgan fingerprint density at radius 3 is 2.80 bits per heavy atom. The summed E-state index contributed by atoms with van der Waals surface area (Å²) >= 11 is 2.22. The van der Waals surface area contributed by atoms with E-state index in [-0.39, 0.29) is 0 Å². The van der Waals surface area contributed by atoms with E-state index in [9.17, 15) is 10.0 Å². The van der Waals surface area contributed by atoms with Crippen molar-refractivity contribution in [3.05, 3.63) is 23.8 Å². The quantitative estimate of drug-likeness (QED) is 0.486. The maximum absolute atomic E-state index is 9.20. The minimum Gasteiger partial charge on any atom is -0.422 e. The number of para-hydroxylation sites is 1. The summed E-state index contributed by atoms with van der Waals surface area (Å²) in [7, 11) is -1.51. The van der Waals surface area contributed by atoms with Crippen molar-refractivity contribution >= 4 is 52.0 Å². The molecule has 7 heteroatoms. The Labute approximate surface area is 102 Å². The van der Waals surface area contributed by atoms with E-state index in [0.29, 0.717) is 12.0 Å². The van der Waals surface area contributed by atoms with Gasteiger partial charge in [0, 0.05) is 5.39 Å². The molecule has 1 heterocycles. The SMILES string of the molecule is Cc1cccc2c(B(O)O)nn(PI)c12. The lowest BCUT2D eigenvalue weighted by atomic mass is 9.83. The van der Waals surface area contributed by atoms with Crippen molar-refractivity contribution in [2.75, 3.05) is 0 Å². The Kier molecular flexibility index (Phi) is 3.30. The monoisotopic (exact) mass is 334 g/mol. The van der Waals surface area contributed by atoms with Gasteiger partial charge in [-0.05, 0) is 34.5 Å². The van der Waals surface area contributed by atoms with Crippen LogP contribution in [0.5, 0.6) is 0 Å². The van der Waals surface area contributed by atoms with Crippen LogP contribution < -0.4 is 5.59 Å². The van der Waals surface area contributed by atoms with Crippen molar-refractivity contribution in [1.82, 2.24) is 9.55 Å². The highest BCUT2D eigenvalue weighted by Crippen LogP contribution is 2.29. The molecule has 1 aromatic heterocycles. The molecule has 1 unspecified atom stereocenters. The van der Waals surface area contributed by atoms with Crippen LogP contribution in [0, 0.1) is 6.92 Å². The van der Waals surface area contributed by atoms with Crippen molar-refractivity contribution < 1.29 is 10.0 Å². The van der Waals surface area contributed by atoms with Crippen LogP contribution in [0.25, 0.3) is 10.9 Å². The van der Waals surface area contributed by atoms with Gasteiger partial charge in [-0.25, -0.2) is 4.45 Å². The molecule has 0 radical (unpaired) electrons. The molecule has 0 saturated carbocycles. The Morgan fingerprint density at radius 2 is 2.20 bits per heavy atom. The molecule has 1 aromatic carbocycles. The minimum absolute atomic E-state index is 0.331. The fourth-order valence-corrected chi connectivity index (χ4v) is 3.18. The third-order valence-corrected chi connectivity index (χ3v) is 4.11. The number of nitrogens with zero attached hydrogens (tertiary/aromatic N) is 2. The molecule has 0 aliphatic heterocycles. The molecule has 0 saturated heterocycles. The van der Waals surface area contributed by atoms with E-state index in [4.69, 9.17) is 0 Å². The minimum atomic E-state index is -1.51. The molecular weight excluding hydrogens is 325 g/mol. The number of halogens is 1. The van der Waals surface area contributed by atoms with Gasteiger partial charge in [-0.2, -0.15) is 5.10 Å². The zero-order valence-electron chi connectivity index (χ0n) is 7.98. The van der Waals surface area contributed by atoms with Crippen molar-refractivity contribution in [2.45, 2.75) is 6.92 Å². The Balaban J connectivity index is 2.81. The second kappa shape index (κ2) is 4.37. The number of hydrogen-bond donors (Lipinski definition) is 2. The summed E-state index contributed by atoms with van der Waals surface area (Å²) in [6.45, 7) is 1.99. The highest BCUT2D eigenvalue weighted by molar-refractivity contribution is 14.2. The zero-order valence-corrected chi connectivity index (χ0v) is 11.1. The maximum atomic E-state index is 9.20. The predicted molar refractivity (Wildman–Crippen MR) is 72.0 cm³/mol. The van der Waals surface area contributed by atoms with Crippen molar-refractivity contribution in [3.8, 4) is 0 Å². The number of benzene rings is 1. The zero-order chi connectivity index (χ0) is 11.0. The Morgan fingerprint density at radius 1 is 1.47 bits per heavy atom. The number of aromatic nitrogens is 2. The molecule has 2 rings (SSSR count). The van der Waals surface area contributed by atoms with Crippen molar-refractivity contribution in [2.24, 2.45) is 0 Å². The van der Waals surface area contributed by atoms with Crippen LogP contribution in [0.15, 0.2) is 18.2 Å². The Bertz CT molecular complexity index is 503. The lowest BCUT2D eigenvalue weighted by Gasteiger charge is -1.99. The lowest BCUT2D eigenvalue weighted by molar-refractivity contribution is 0.424. The molecule has 15 heavy (non-hydrogen) atoms. The first kappa shape index (κ1) is 11.3. The van der Waals surface area contributed by atoms with E-state index in [0.717, 1.165) is 16.5 Å². The summed E-state index contributed by atoms with van der Waals surface area (Å²) in [4.78, 5) is 0. The van der Waals surface area contributed by atoms with Gasteiger partial charge in [0.15, 0.2) is 0 Å². The maximum Gasteiger partial charge on any atom is 0.510 e. The van der Waals surface area contributed by atoms with Gasteiger partial charge in [0.05, 0.1) is 11.9 Å². The van der Waals surface area contributed by atoms with Crippen LogP contribution in [0.1, 0.15) is 5.56 Å². The molecule has 0 aliphatic rings. The average molecular weight is 334 g/mol. The Hall–Kier alpha value is -0.165. The van der Waals surface area contributed by atoms with Crippen molar-refractivity contribution in [3.63, 3.8) is 0 Å². The van der Waals surface area contributed by atoms with Gasteiger partial charge in [0.1, 0.15) is 5.59 Å². The third-order valence-electron chi connectivity index (χ3n) is 2.26. The fourth-order valence-electron chi connectivity index (χ4n) is 1.61. The summed E-state index contributed by atoms with van der Waals surface area (Å²) in [6.07, 6.45) is 0.447. The van der Waals surface area contributed by atoms with Gasteiger partial charge in [-0.3, -0.25) is 0 Å². The number of hydrogen-bond acceptors (Lipinski definition) is 3. The van der Waals surface area contributed by atoms with Crippen LogP contribution in [0.2, 0.25) is 0 Å². The molecule has 0 amide bonds. The highest BCUT2D eigenvalue weighted by atomic mass is 127. The van der Waals surface area contributed by atoms with Crippen LogP contribution in [-0.4, -0.2) is 26.7 Å². The molecule has 0 bridgehead atoms. The predicted octanol–water partition coefficient (Wildman–Crippen LogP) is 0.816. The summed E-state index contributed by atoms with van der Waals surface area (Å²) in [5, 5.41) is 23.4. The van der Waals surface area contributed by atoms with E-state index in [2.05, 4.69) is 27.1 Å². The van der Waals surface area contributed by atoms with E-state index in [1.807, 2.05) is 25.1 Å². The molecule has 1 atom stereocenters. The molecule has 2 N–H and O–H groups in total. The van der Waals surface area contributed by atoms with Gasteiger partial charge in [-0.15, -0.1) is 0 Å². The molecular formula is C8H9BIN2O2P. The standard InChI is InChI=1S/C8H9BIN2O2P/c1-5-3-2-4-6-7(5)12(15-10)11-8(6)9(13)14/h2-4,13-15H,1H3. The second-order valence-electron chi connectivity index (χ2n) is 3.23. The van der Waals surface area contributed by atoms with Crippen molar-refractivity contribution in [1.29, 1.82) is 0 Å². The number of rotatable bonds is 2. The molecule has 2 aromatic rings. The summed E-state index contributed by atoms with van der Waals surface area (Å²) in [5.74, 6) is 0. The van der Waals surface area contributed by atoms with Crippen LogP contribution in [-0.2, 0) is 0 Å². The van der Waals surface area contributed by atoms with E-state index < -0.39 is 7.12 Å². The second-order valence-corrected chi connectivity index (χ2v) is 5.27. The van der Waals surface area contributed by atoms with Gasteiger partial charge < -0.3 is 10.0 Å². The smallest absolute Gasteiger partial charge is 0.422 e. The van der Waals surface area contributed by atoms with E-state index in [1.165, 1.54) is 0 Å². The summed E-state index contributed by atoms with van der Waals surface area (Å²) in [5.41, 5.74) is 2.40. The first-order valence-electron chi connectivity index (χ1n) is 4.36. The summed E-state index contributed by atoms with van der Waals surface area (Å²) in [6, 6.07) is 5.74. The van der Waals surface area contributed by atoms with Crippen LogP contribution in [0.4, 0.5) is 0 Å². The van der Waals surface area contributed by atoms with Crippen LogP contribution >= 0.6 is 28.4 Å². The van der Waals surface area contributed by atoms with Gasteiger partial charge in [-0.1, -0.05) is 18.2 Å². The number of aryl methyl sites for hydroxylation is 1.